The van der Waals surface area contributed by atoms with E-state index in [1.165, 1.54) is 0 Å². The first-order valence-electron chi connectivity index (χ1n) is 9.20. The average Bonchev–Trinajstić information content (AvgIpc) is 3.11. The van der Waals surface area contributed by atoms with Crippen LogP contribution in [0.1, 0.15) is 16.7 Å². The fraction of sp³-hybridized carbons (Fsp3) is 0.0417. The number of aliphatic imine (C=N–C) groups is 1. The third-order valence-corrected chi connectivity index (χ3v) is 4.87. The van der Waals surface area contributed by atoms with E-state index in [2.05, 4.69) is 20.9 Å². The van der Waals surface area contributed by atoms with Crippen LogP contribution < -0.4 is 4.74 Å². The van der Waals surface area contributed by atoms with Gasteiger partial charge in [0.2, 0.25) is 5.90 Å². The number of hydrogen-bond acceptors (Lipinski definition) is 5. The second-order valence-electron chi connectivity index (χ2n) is 6.52. The molecule has 6 heteroatoms. The molecule has 1 heterocycles. The molecule has 0 atom stereocenters. The average molecular weight is 462 g/mol. The molecule has 0 radical (unpaired) electrons. The highest BCUT2D eigenvalue weighted by Gasteiger charge is 2.24. The van der Waals surface area contributed by atoms with Crippen molar-refractivity contribution >= 4 is 39.8 Å². The summed E-state index contributed by atoms with van der Waals surface area (Å²) in [5.41, 5.74) is 2.25. The van der Waals surface area contributed by atoms with Crippen LogP contribution in [0.3, 0.4) is 0 Å². The first-order chi connectivity index (χ1) is 14.6. The van der Waals surface area contributed by atoms with E-state index in [9.17, 15) is 9.59 Å². The van der Waals surface area contributed by atoms with Crippen LogP contribution in [0.15, 0.2) is 94.0 Å². The van der Waals surface area contributed by atoms with Crippen molar-refractivity contribution in [1.82, 2.24) is 0 Å². The van der Waals surface area contributed by atoms with Crippen molar-refractivity contribution in [2.45, 2.75) is 6.42 Å². The van der Waals surface area contributed by atoms with Gasteiger partial charge in [0.25, 0.3) is 0 Å². The Kier molecular flexibility index (Phi) is 5.86. The van der Waals surface area contributed by atoms with Crippen LogP contribution in [-0.4, -0.2) is 17.8 Å². The van der Waals surface area contributed by atoms with Crippen molar-refractivity contribution in [3.63, 3.8) is 0 Å². The number of carbonyl (C=O) groups excluding carboxylic acids is 2. The number of carbonyl (C=O) groups is 2. The molecule has 1 aliphatic heterocycles. The molecule has 148 valence electrons. The van der Waals surface area contributed by atoms with E-state index in [-0.39, 0.29) is 24.0 Å². The Labute approximate surface area is 181 Å². The Morgan fingerprint density at radius 3 is 2.43 bits per heavy atom. The maximum absolute atomic E-state index is 12.3. The number of hydrogen-bond donors (Lipinski definition) is 0. The molecule has 30 heavy (non-hydrogen) atoms. The summed E-state index contributed by atoms with van der Waals surface area (Å²) in [6.45, 7) is 0. The van der Waals surface area contributed by atoms with Crippen LogP contribution in [0.5, 0.6) is 5.75 Å². The van der Waals surface area contributed by atoms with Gasteiger partial charge in [0.05, 0.1) is 6.42 Å². The molecule has 0 amide bonds. The number of ether oxygens (including phenoxy) is 2. The quantitative estimate of drug-likeness (QED) is 0.306. The van der Waals surface area contributed by atoms with E-state index in [0.717, 1.165) is 10.0 Å². The maximum Gasteiger partial charge on any atom is 0.363 e. The second-order valence-corrected chi connectivity index (χ2v) is 7.43. The number of esters is 2. The molecule has 0 spiro atoms. The topological polar surface area (TPSA) is 65.0 Å². The molecule has 0 fully saturated rings. The summed E-state index contributed by atoms with van der Waals surface area (Å²) in [5.74, 6) is -0.359. The zero-order valence-corrected chi connectivity index (χ0v) is 17.3. The zero-order chi connectivity index (χ0) is 20.9. The predicted octanol–water partition coefficient (Wildman–Crippen LogP) is 4.94. The van der Waals surface area contributed by atoms with E-state index in [1.807, 2.05) is 42.5 Å². The molecule has 3 aromatic rings. The minimum absolute atomic E-state index is 0.138. The largest absolute Gasteiger partial charge is 0.426 e. The predicted molar refractivity (Wildman–Crippen MR) is 117 cm³/mol. The van der Waals surface area contributed by atoms with Crippen LogP contribution in [-0.2, 0) is 20.7 Å². The highest BCUT2D eigenvalue weighted by Crippen LogP contribution is 2.25. The number of cyclic esters (lactones) is 1. The molecule has 3 aromatic carbocycles. The van der Waals surface area contributed by atoms with Crippen LogP contribution in [0, 0.1) is 0 Å². The van der Waals surface area contributed by atoms with Crippen LogP contribution in [0.25, 0.3) is 6.08 Å². The lowest BCUT2D eigenvalue weighted by Crippen LogP contribution is -2.12. The molecule has 0 saturated carbocycles. The zero-order valence-electron chi connectivity index (χ0n) is 15.7. The SMILES string of the molecule is O=C(Cc1ccccc1)Oc1ccccc1/C=C1/N=C(c2ccc(Br)cc2)OC1=O. The smallest absolute Gasteiger partial charge is 0.363 e. The summed E-state index contributed by atoms with van der Waals surface area (Å²) in [6.07, 6.45) is 1.71. The van der Waals surface area contributed by atoms with Crippen LogP contribution in [0.4, 0.5) is 0 Å². The molecule has 1 aliphatic rings. The third-order valence-electron chi connectivity index (χ3n) is 4.34. The van der Waals surface area contributed by atoms with Gasteiger partial charge in [-0.3, -0.25) is 4.79 Å². The normalized spacial score (nSPS) is 14.4. The van der Waals surface area contributed by atoms with Gasteiger partial charge in [0, 0.05) is 15.6 Å². The molecule has 0 bridgehead atoms. The first-order valence-corrected chi connectivity index (χ1v) is 10.00. The summed E-state index contributed by atoms with van der Waals surface area (Å²) < 4.78 is 11.7. The lowest BCUT2D eigenvalue weighted by Gasteiger charge is -2.07. The molecule has 0 saturated heterocycles. The Hall–Kier alpha value is -3.51. The van der Waals surface area contributed by atoms with E-state index in [4.69, 9.17) is 9.47 Å². The number of halogens is 1. The molecule has 5 nitrogen and oxygen atoms in total. The highest BCUT2D eigenvalue weighted by atomic mass is 79.9. The summed E-state index contributed by atoms with van der Waals surface area (Å²) in [7, 11) is 0. The number of nitrogens with zero attached hydrogens (tertiary/aromatic N) is 1. The molecule has 0 N–H and O–H groups in total. The first kappa shape index (κ1) is 19.8. The monoisotopic (exact) mass is 461 g/mol. The summed E-state index contributed by atoms with van der Waals surface area (Å²) in [5, 5.41) is 0. The fourth-order valence-corrected chi connectivity index (χ4v) is 3.15. The van der Waals surface area contributed by atoms with Gasteiger partial charge in [-0.1, -0.05) is 64.5 Å². The lowest BCUT2D eigenvalue weighted by atomic mass is 10.1. The minimum Gasteiger partial charge on any atom is -0.426 e. The van der Waals surface area contributed by atoms with Crippen molar-refractivity contribution in [3.05, 3.63) is 106 Å². The van der Waals surface area contributed by atoms with Crippen molar-refractivity contribution in [1.29, 1.82) is 0 Å². The maximum atomic E-state index is 12.3. The summed E-state index contributed by atoms with van der Waals surface area (Å²) in [6, 6.07) is 23.6. The Bertz CT molecular complexity index is 1150. The van der Waals surface area contributed by atoms with Crippen LogP contribution in [0.2, 0.25) is 0 Å². The number of para-hydroxylation sites is 1. The molecule has 4 rings (SSSR count). The van der Waals surface area contributed by atoms with Crippen molar-refractivity contribution < 1.29 is 19.1 Å². The van der Waals surface area contributed by atoms with Crippen LogP contribution >= 0.6 is 15.9 Å². The van der Waals surface area contributed by atoms with Crippen molar-refractivity contribution in [2.24, 2.45) is 4.99 Å². The van der Waals surface area contributed by atoms with Gasteiger partial charge >= 0.3 is 11.9 Å². The lowest BCUT2D eigenvalue weighted by molar-refractivity contribution is -0.133. The van der Waals surface area contributed by atoms with Gasteiger partial charge in [0.15, 0.2) is 5.70 Å². The van der Waals surface area contributed by atoms with E-state index in [0.29, 0.717) is 16.9 Å². The highest BCUT2D eigenvalue weighted by molar-refractivity contribution is 9.10. The Balaban J connectivity index is 1.56. The molecular formula is C24H16BrNO4. The molecule has 0 aliphatic carbocycles. The third kappa shape index (κ3) is 4.72. The standard InChI is InChI=1S/C24H16BrNO4/c25-19-12-10-17(11-13-19)23-26-20(24(28)30-23)15-18-8-4-5-9-21(18)29-22(27)14-16-6-2-1-3-7-16/h1-13,15H,14H2/b20-15+. The van der Waals surface area contributed by atoms with Gasteiger partial charge in [-0.15, -0.1) is 0 Å². The van der Waals surface area contributed by atoms with Gasteiger partial charge in [-0.25, -0.2) is 9.79 Å². The summed E-state index contributed by atoms with van der Waals surface area (Å²) >= 11 is 3.37. The number of benzene rings is 3. The molecular weight excluding hydrogens is 446 g/mol. The van der Waals surface area contributed by atoms with E-state index < -0.39 is 5.97 Å². The van der Waals surface area contributed by atoms with Gasteiger partial charge < -0.3 is 9.47 Å². The Morgan fingerprint density at radius 1 is 0.967 bits per heavy atom. The van der Waals surface area contributed by atoms with Gasteiger partial charge in [-0.2, -0.15) is 0 Å². The molecule has 0 aromatic heterocycles. The minimum atomic E-state index is -0.557. The van der Waals surface area contributed by atoms with Gasteiger partial charge in [0.1, 0.15) is 5.75 Å². The van der Waals surface area contributed by atoms with Gasteiger partial charge in [-0.05, 0) is 42.0 Å². The fourth-order valence-electron chi connectivity index (χ4n) is 2.89. The second kappa shape index (κ2) is 8.88. The van der Waals surface area contributed by atoms with E-state index in [1.54, 1.807) is 42.5 Å². The summed E-state index contributed by atoms with van der Waals surface area (Å²) in [4.78, 5) is 28.9. The molecule has 0 unspecified atom stereocenters. The number of rotatable bonds is 5. The van der Waals surface area contributed by atoms with Crippen molar-refractivity contribution in [3.8, 4) is 5.75 Å². The van der Waals surface area contributed by atoms with E-state index >= 15 is 0 Å². The van der Waals surface area contributed by atoms with Crippen molar-refractivity contribution in [2.75, 3.05) is 0 Å². The Morgan fingerprint density at radius 2 is 1.67 bits per heavy atom.